The first-order valence-electron chi connectivity index (χ1n) is 9.03. The summed E-state index contributed by atoms with van der Waals surface area (Å²) < 4.78 is 5.31. The number of amides is 1. The number of methoxy groups -OCH3 is 1. The Labute approximate surface area is 166 Å². The fourth-order valence-corrected chi connectivity index (χ4v) is 5.59. The minimum absolute atomic E-state index is 0.0691. The van der Waals surface area contributed by atoms with E-state index in [1.54, 1.807) is 24.8 Å². The lowest BCUT2D eigenvalue weighted by Crippen LogP contribution is -2.22. The summed E-state index contributed by atoms with van der Waals surface area (Å²) in [6, 6.07) is 7.43. The Morgan fingerprint density at radius 1 is 1.26 bits per heavy atom. The molecule has 2 aromatic heterocycles. The summed E-state index contributed by atoms with van der Waals surface area (Å²) in [4.78, 5) is 24.2. The number of thiophene rings is 1. The van der Waals surface area contributed by atoms with Gasteiger partial charge in [-0.2, -0.15) is 0 Å². The second kappa shape index (κ2) is 7.86. The smallest absolute Gasteiger partial charge is 0.237 e. The van der Waals surface area contributed by atoms with Crippen LogP contribution in [0.4, 0.5) is 5.69 Å². The van der Waals surface area contributed by atoms with Crippen molar-refractivity contribution < 1.29 is 9.53 Å². The van der Waals surface area contributed by atoms with E-state index in [1.807, 2.05) is 31.2 Å². The third-order valence-electron chi connectivity index (χ3n) is 4.74. The van der Waals surface area contributed by atoms with Crippen LogP contribution >= 0.6 is 23.1 Å². The Hall–Kier alpha value is -2.12. The van der Waals surface area contributed by atoms with Crippen LogP contribution in [0, 0.1) is 0 Å². The van der Waals surface area contributed by atoms with E-state index in [0.29, 0.717) is 11.4 Å². The van der Waals surface area contributed by atoms with Gasteiger partial charge >= 0.3 is 0 Å². The average molecular weight is 400 g/mol. The van der Waals surface area contributed by atoms with Crippen molar-refractivity contribution in [3.63, 3.8) is 0 Å². The monoisotopic (exact) mass is 399 g/mol. The molecule has 0 spiro atoms. The lowest BCUT2D eigenvalue weighted by atomic mass is 9.97. The Morgan fingerprint density at radius 2 is 2.07 bits per heavy atom. The molecule has 2 heterocycles. The van der Waals surface area contributed by atoms with Gasteiger partial charge in [-0.3, -0.25) is 4.79 Å². The Morgan fingerprint density at radius 3 is 2.93 bits per heavy atom. The number of carbonyl (C=O) groups excluding carboxylic acids is 1. The molecule has 0 radical (unpaired) electrons. The summed E-state index contributed by atoms with van der Waals surface area (Å²) in [5.41, 5.74) is 2.07. The third kappa shape index (κ3) is 3.66. The maximum absolute atomic E-state index is 12.7. The van der Waals surface area contributed by atoms with Crippen LogP contribution in [0.15, 0.2) is 35.6 Å². The van der Waals surface area contributed by atoms with Crippen LogP contribution in [0.3, 0.4) is 0 Å². The van der Waals surface area contributed by atoms with Crippen LogP contribution in [-0.4, -0.2) is 28.2 Å². The van der Waals surface area contributed by atoms with Gasteiger partial charge < -0.3 is 10.1 Å². The predicted octanol–water partition coefficient (Wildman–Crippen LogP) is 4.70. The first-order chi connectivity index (χ1) is 13.2. The topological polar surface area (TPSA) is 64.1 Å². The lowest BCUT2D eigenvalue weighted by Gasteiger charge is -2.15. The summed E-state index contributed by atoms with van der Waals surface area (Å²) in [6.07, 6.45) is 6.27. The van der Waals surface area contributed by atoms with Gasteiger partial charge in [0.25, 0.3) is 0 Å². The van der Waals surface area contributed by atoms with Crippen LogP contribution in [0.2, 0.25) is 0 Å². The number of hydrogen-bond donors (Lipinski definition) is 1. The minimum Gasteiger partial charge on any atom is -0.495 e. The van der Waals surface area contributed by atoms with E-state index in [-0.39, 0.29) is 11.2 Å². The number of anilines is 1. The molecule has 3 aromatic rings. The molecule has 1 N–H and O–H groups in total. The summed E-state index contributed by atoms with van der Waals surface area (Å²) in [7, 11) is 1.60. The highest BCUT2D eigenvalue weighted by Crippen LogP contribution is 2.40. The van der Waals surface area contributed by atoms with Crippen molar-refractivity contribution in [2.45, 2.75) is 42.9 Å². The summed E-state index contributed by atoms with van der Waals surface area (Å²) >= 11 is 3.27. The number of thioether (sulfide) groups is 1. The van der Waals surface area contributed by atoms with Gasteiger partial charge in [0, 0.05) is 10.3 Å². The second-order valence-electron chi connectivity index (χ2n) is 6.52. The molecule has 0 unspecified atom stereocenters. The molecule has 0 saturated heterocycles. The number of fused-ring (bicyclic) bond motifs is 3. The van der Waals surface area contributed by atoms with Gasteiger partial charge in [-0.25, -0.2) is 9.97 Å². The van der Waals surface area contributed by atoms with Crippen molar-refractivity contribution in [2.24, 2.45) is 0 Å². The highest BCUT2D eigenvalue weighted by atomic mass is 32.2. The first-order valence-corrected chi connectivity index (χ1v) is 10.7. The highest BCUT2D eigenvalue weighted by Gasteiger charge is 2.23. The van der Waals surface area contributed by atoms with Crippen molar-refractivity contribution in [1.29, 1.82) is 0 Å². The fraction of sp³-hybridized carbons (Fsp3) is 0.350. The lowest BCUT2D eigenvalue weighted by molar-refractivity contribution is -0.115. The largest absolute Gasteiger partial charge is 0.495 e. The van der Waals surface area contributed by atoms with E-state index in [1.165, 1.54) is 35.0 Å². The summed E-state index contributed by atoms with van der Waals surface area (Å²) in [5.74, 6) is 0.583. The van der Waals surface area contributed by atoms with Gasteiger partial charge in [0.2, 0.25) is 5.91 Å². The van der Waals surface area contributed by atoms with Crippen LogP contribution in [0.1, 0.15) is 30.2 Å². The van der Waals surface area contributed by atoms with Crippen molar-refractivity contribution in [1.82, 2.24) is 9.97 Å². The number of nitrogens with one attached hydrogen (secondary N) is 1. The van der Waals surface area contributed by atoms with E-state index < -0.39 is 0 Å². The van der Waals surface area contributed by atoms with E-state index in [4.69, 9.17) is 4.74 Å². The normalized spacial score (nSPS) is 14.6. The van der Waals surface area contributed by atoms with Gasteiger partial charge in [0.1, 0.15) is 21.9 Å². The van der Waals surface area contributed by atoms with E-state index in [9.17, 15) is 4.79 Å². The van der Waals surface area contributed by atoms with Crippen LogP contribution in [0.25, 0.3) is 10.2 Å². The van der Waals surface area contributed by atoms with Crippen molar-refractivity contribution in [3.05, 3.63) is 41.0 Å². The Balaban J connectivity index is 1.57. The number of benzene rings is 1. The van der Waals surface area contributed by atoms with Crippen molar-refractivity contribution in [2.75, 3.05) is 12.4 Å². The number of ether oxygens (including phenoxy) is 1. The molecule has 7 heteroatoms. The molecule has 1 aromatic carbocycles. The van der Waals surface area contributed by atoms with Gasteiger partial charge in [-0.05, 0) is 50.3 Å². The zero-order chi connectivity index (χ0) is 18.8. The molecular weight excluding hydrogens is 378 g/mol. The number of carbonyl (C=O) groups is 1. The maximum Gasteiger partial charge on any atom is 0.237 e. The number of aryl methyl sites for hydroxylation is 2. The van der Waals surface area contributed by atoms with Gasteiger partial charge in [0.15, 0.2) is 0 Å². The number of nitrogens with zero attached hydrogens (tertiary/aromatic N) is 2. The average Bonchev–Trinajstić information content (AvgIpc) is 3.08. The molecule has 0 aliphatic heterocycles. The number of rotatable bonds is 5. The first kappa shape index (κ1) is 18.3. The molecule has 1 amide bonds. The highest BCUT2D eigenvalue weighted by molar-refractivity contribution is 8.00. The number of hydrogen-bond acceptors (Lipinski definition) is 6. The molecule has 1 aliphatic rings. The van der Waals surface area contributed by atoms with Crippen LogP contribution in [0.5, 0.6) is 5.75 Å². The van der Waals surface area contributed by atoms with E-state index in [2.05, 4.69) is 15.3 Å². The number of aromatic nitrogens is 2. The molecule has 27 heavy (non-hydrogen) atoms. The summed E-state index contributed by atoms with van der Waals surface area (Å²) in [6.45, 7) is 1.90. The molecule has 1 aliphatic carbocycles. The van der Waals surface area contributed by atoms with Crippen molar-refractivity contribution in [3.8, 4) is 5.75 Å². The van der Waals surface area contributed by atoms with E-state index in [0.717, 1.165) is 28.1 Å². The molecule has 0 fully saturated rings. The zero-order valence-corrected chi connectivity index (χ0v) is 17.0. The maximum atomic E-state index is 12.7. The second-order valence-corrected chi connectivity index (χ2v) is 8.93. The van der Waals surface area contributed by atoms with Gasteiger partial charge in [-0.1, -0.05) is 23.9 Å². The molecule has 4 rings (SSSR count). The van der Waals surface area contributed by atoms with Gasteiger partial charge in [0.05, 0.1) is 18.0 Å². The fourth-order valence-electron chi connectivity index (χ4n) is 3.35. The number of para-hydroxylation sites is 2. The molecule has 140 valence electrons. The Bertz CT molecular complexity index is 987. The van der Waals surface area contributed by atoms with Gasteiger partial charge in [-0.15, -0.1) is 11.3 Å². The molecule has 0 saturated carbocycles. The van der Waals surface area contributed by atoms with E-state index >= 15 is 0 Å². The Kier molecular flexibility index (Phi) is 5.31. The van der Waals surface area contributed by atoms with Crippen LogP contribution in [-0.2, 0) is 17.6 Å². The molecule has 0 bridgehead atoms. The molecular formula is C20H21N3O2S2. The zero-order valence-electron chi connectivity index (χ0n) is 15.3. The van der Waals surface area contributed by atoms with Crippen molar-refractivity contribution >= 4 is 44.9 Å². The standard InChI is InChI=1S/C20H21N3O2S2/c1-12(18(24)23-14-8-4-5-9-15(14)25-2)26-19-17-13-7-3-6-10-16(13)27-20(17)22-11-21-19/h4-5,8-9,11-12H,3,6-7,10H2,1-2H3,(H,23,24)/t12-/m0/s1. The molecule has 5 nitrogen and oxygen atoms in total. The van der Waals surface area contributed by atoms with Crippen LogP contribution < -0.4 is 10.1 Å². The molecule has 1 atom stereocenters. The quantitative estimate of drug-likeness (QED) is 0.498. The SMILES string of the molecule is COc1ccccc1NC(=O)[C@H](C)Sc1ncnc2sc3c(c12)CCCC3. The predicted molar refractivity (Wildman–Crippen MR) is 111 cm³/mol. The summed E-state index contributed by atoms with van der Waals surface area (Å²) in [5, 5.41) is 4.73. The minimum atomic E-state index is -0.285. The third-order valence-corrected chi connectivity index (χ3v) is 7.04.